The van der Waals surface area contributed by atoms with Gasteiger partial charge in [-0.1, -0.05) is 0 Å². The summed E-state index contributed by atoms with van der Waals surface area (Å²) in [7, 11) is 0. The third kappa shape index (κ3) is 4.64. The minimum absolute atomic E-state index is 0.0191. The lowest BCUT2D eigenvalue weighted by atomic mass is 10.2. The Bertz CT molecular complexity index is 736. The van der Waals surface area contributed by atoms with Crippen molar-refractivity contribution in [3.05, 3.63) is 32.7 Å². The first-order valence-corrected chi connectivity index (χ1v) is 10.3. The Morgan fingerprint density at radius 3 is 2.83 bits per heavy atom. The van der Waals surface area contributed by atoms with Crippen LogP contribution in [0.4, 0.5) is 5.69 Å². The van der Waals surface area contributed by atoms with E-state index in [1.165, 1.54) is 0 Å². The maximum absolute atomic E-state index is 12.1. The molecule has 0 bridgehead atoms. The summed E-state index contributed by atoms with van der Waals surface area (Å²) < 4.78 is 11.8. The van der Waals surface area contributed by atoms with Gasteiger partial charge in [-0.05, 0) is 22.9 Å². The summed E-state index contributed by atoms with van der Waals surface area (Å²) >= 11 is 6.82. The van der Waals surface area contributed by atoms with Crippen molar-refractivity contribution < 1.29 is 14.3 Å². The van der Waals surface area contributed by atoms with E-state index < -0.39 is 0 Å². The number of aryl methyl sites for hydroxylation is 1. The van der Waals surface area contributed by atoms with E-state index in [9.17, 15) is 4.79 Å². The van der Waals surface area contributed by atoms with E-state index in [2.05, 4.69) is 31.6 Å². The van der Waals surface area contributed by atoms with Gasteiger partial charge in [0.1, 0.15) is 13.2 Å². The molecule has 5 nitrogen and oxygen atoms in total. The zero-order valence-corrected chi connectivity index (χ0v) is 16.4. The molecule has 3 rings (SSSR count). The molecular weight excluding hydrogens is 412 g/mol. The van der Waals surface area contributed by atoms with Gasteiger partial charge in [0, 0.05) is 39.9 Å². The van der Waals surface area contributed by atoms with Crippen LogP contribution in [0.3, 0.4) is 0 Å². The molecule has 1 amide bonds. The summed E-state index contributed by atoms with van der Waals surface area (Å²) in [5, 5.41) is 6.05. The molecule has 8 heteroatoms. The summed E-state index contributed by atoms with van der Waals surface area (Å²) in [6.45, 7) is 3.06. The largest absolute Gasteiger partial charge is 0.486 e. The molecule has 1 aliphatic rings. The van der Waals surface area contributed by atoms with Crippen molar-refractivity contribution in [2.45, 2.75) is 19.1 Å². The van der Waals surface area contributed by atoms with E-state index in [0.717, 1.165) is 26.7 Å². The van der Waals surface area contributed by atoms with E-state index in [-0.39, 0.29) is 5.91 Å². The first kappa shape index (κ1) is 17.6. The number of thioether (sulfide) groups is 1. The molecule has 1 aliphatic heterocycles. The number of hydrogen-bond acceptors (Lipinski definition) is 6. The van der Waals surface area contributed by atoms with Crippen LogP contribution in [-0.4, -0.2) is 29.9 Å². The van der Waals surface area contributed by atoms with E-state index >= 15 is 0 Å². The quantitative estimate of drug-likeness (QED) is 0.696. The molecule has 1 N–H and O–H groups in total. The molecule has 24 heavy (non-hydrogen) atoms. The lowest BCUT2D eigenvalue weighted by Gasteiger charge is -2.20. The van der Waals surface area contributed by atoms with Crippen molar-refractivity contribution in [3.63, 3.8) is 0 Å². The number of rotatable bonds is 6. The zero-order valence-electron chi connectivity index (χ0n) is 13.1. The highest BCUT2D eigenvalue weighted by atomic mass is 79.9. The number of carbonyl (C=O) groups excluding carboxylic acids is 1. The fourth-order valence-corrected chi connectivity index (χ4v) is 4.16. The molecule has 128 valence electrons. The number of nitrogens with one attached hydrogen (secondary N) is 1. The van der Waals surface area contributed by atoms with Crippen LogP contribution in [-0.2, 0) is 10.5 Å². The van der Waals surface area contributed by atoms with Crippen LogP contribution in [0.5, 0.6) is 11.5 Å². The van der Waals surface area contributed by atoms with Crippen molar-refractivity contribution >= 4 is 50.6 Å². The fraction of sp³-hybridized carbons (Fsp3) is 0.375. The molecule has 0 fully saturated rings. The molecule has 0 spiro atoms. The molecular formula is C16H17BrN2O3S2. The maximum atomic E-state index is 12.1. The van der Waals surface area contributed by atoms with Gasteiger partial charge in [0.2, 0.25) is 5.91 Å². The second-order valence-corrected chi connectivity index (χ2v) is 8.21. The topological polar surface area (TPSA) is 60.5 Å². The zero-order chi connectivity index (χ0) is 16.9. The first-order chi connectivity index (χ1) is 11.6. The highest BCUT2D eigenvalue weighted by Crippen LogP contribution is 2.38. The predicted octanol–water partition coefficient (Wildman–Crippen LogP) is 4.25. The second kappa shape index (κ2) is 8.22. The minimum Gasteiger partial charge on any atom is -0.486 e. The van der Waals surface area contributed by atoms with Crippen LogP contribution in [0.1, 0.15) is 17.1 Å². The Balaban J connectivity index is 1.48. The van der Waals surface area contributed by atoms with Crippen LogP contribution in [0.15, 0.2) is 22.0 Å². The van der Waals surface area contributed by atoms with Gasteiger partial charge in [0.15, 0.2) is 11.5 Å². The molecule has 0 radical (unpaired) electrons. The first-order valence-electron chi connectivity index (χ1n) is 7.49. The third-order valence-corrected chi connectivity index (χ3v) is 5.77. The monoisotopic (exact) mass is 428 g/mol. The van der Waals surface area contributed by atoms with Crippen molar-refractivity contribution in [3.8, 4) is 11.5 Å². The van der Waals surface area contributed by atoms with Crippen LogP contribution in [0, 0.1) is 6.92 Å². The molecule has 1 aromatic heterocycles. The van der Waals surface area contributed by atoms with Gasteiger partial charge in [-0.3, -0.25) is 4.79 Å². The van der Waals surface area contributed by atoms with Gasteiger partial charge in [-0.25, -0.2) is 4.98 Å². The average Bonchev–Trinajstić information content (AvgIpc) is 2.98. The van der Waals surface area contributed by atoms with Crippen LogP contribution >= 0.6 is 39.0 Å². The predicted molar refractivity (Wildman–Crippen MR) is 101 cm³/mol. The Hall–Kier alpha value is -1.25. The number of nitrogens with zero attached hydrogens (tertiary/aromatic N) is 1. The van der Waals surface area contributed by atoms with Gasteiger partial charge in [-0.15, -0.1) is 11.3 Å². The Morgan fingerprint density at radius 2 is 2.12 bits per heavy atom. The lowest BCUT2D eigenvalue weighted by Crippen LogP contribution is -2.17. The minimum atomic E-state index is -0.0191. The third-order valence-electron chi connectivity index (χ3n) is 3.30. The summed E-state index contributed by atoms with van der Waals surface area (Å²) in [5.74, 6) is 2.93. The van der Waals surface area contributed by atoms with Crippen molar-refractivity contribution in [2.24, 2.45) is 0 Å². The fourth-order valence-electron chi connectivity index (χ4n) is 2.19. The van der Waals surface area contributed by atoms with Crippen LogP contribution in [0.2, 0.25) is 0 Å². The molecule has 0 saturated carbocycles. The number of hydrogen-bond donors (Lipinski definition) is 1. The summed E-state index contributed by atoms with van der Waals surface area (Å²) in [6, 6.07) is 3.62. The van der Waals surface area contributed by atoms with Crippen LogP contribution < -0.4 is 14.8 Å². The average molecular weight is 429 g/mol. The number of carbonyl (C=O) groups is 1. The molecule has 2 aromatic rings. The highest BCUT2D eigenvalue weighted by molar-refractivity contribution is 9.10. The lowest BCUT2D eigenvalue weighted by molar-refractivity contribution is -0.115. The molecule has 0 aliphatic carbocycles. The highest BCUT2D eigenvalue weighted by Gasteiger charge is 2.16. The standard InChI is InChI=1S/C16H17BrN2O3S2/c1-10-18-11(9-24-10)8-23-5-2-16(20)19-13-7-15-14(6-12(13)17)21-3-4-22-15/h6-7,9H,2-5,8H2,1H3,(H,19,20). The van der Waals surface area contributed by atoms with E-state index in [4.69, 9.17) is 9.47 Å². The molecule has 1 aromatic carbocycles. The number of thiazole rings is 1. The summed E-state index contributed by atoms with van der Waals surface area (Å²) in [6.07, 6.45) is 0.453. The SMILES string of the molecule is Cc1nc(CSCCC(=O)Nc2cc3c(cc2Br)OCCO3)cs1. The van der Waals surface area contributed by atoms with Crippen molar-refractivity contribution in [2.75, 3.05) is 24.3 Å². The molecule has 0 unspecified atom stereocenters. The molecule has 2 heterocycles. The summed E-state index contributed by atoms with van der Waals surface area (Å²) in [5.41, 5.74) is 1.78. The second-order valence-electron chi connectivity index (χ2n) is 5.18. The van der Waals surface area contributed by atoms with E-state index in [0.29, 0.717) is 36.8 Å². The van der Waals surface area contributed by atoms with Crippen molar-refractivity contribution in [1.82, 2.24) is 4.98 Å². The van der Waals surface area contributed by atoms with Gasteiger partial charge < -0.3 is 14.8 Å². The number of ether oxygens (including phenoxy) is 2. The number of benzene rings is 1. The number of anilines is 1. The number of halogens is 1. The van der Waals surface area contributed by atoms with Gasteiger partial charge in [0.05, 0.1) is 16.4 Å². The van der Waals surface area contributed by atoms with Gasteiger partial charge in [-0.2, -0.15) is 11.8 Å². The number of amides is 1. The van der Waals surface area contributed by atoms with Crippen LogP contribution in [0.25, 0.3) is 0 Å². The smallest absolute Gasteiger partial charge is 0.225 e. The molecule has 0 atom stereocenters. The Labute approximate surface area is 157 Å². The Morgan fingerprint density at radius 1 is 1.38 bits per heavy atom. The van der Waals surface area contributed by atoms with Gasteiger partial charge >= 0.3 is 0 Å². The maximum Gasteiger partial charge on any atom is 0.225 e. The summed E-state index contributed by atoms with van der Waals surface area (Å²) in [4.78, 5) is 16.5. The van der Waals surface area contributed by atoms with E-state index in [1.807, 2.05) is 13.0 Å². The van der Waals surface area contributed by atoms with Gasteiger partial charge in [0.25, 0.3) is 0 Å². The van der Waals surface area contributed by atoms with E-state index in [1.54, 1.807) is 29.2 Å². The number of aromatic nitrogens is 1. The number of fused-ring (bicyclic) bond motifs is 1. The van der Waals surface area contributed by atoms with Crippen molar-refractivity contribution in [1.29, 1.82) is 0 Å². The normalized spacial score (nSPS) is 12.9. The Kier molecular flexibility index (Phi) is 6.02. The molecule has 0 saturated heterocycles.